The topological polar surface area (TPSA) is 21.3 Å². The molecule has 0 aliphatic carbocycles. The molecule has 1 N–H and O–H groups in total. The molecule has 66 valence electrons. The number of rotatable bonds is 3. The van der Waals surface area contributed by atoms with Crippen molar-refractivity contribution < 1.29 is 4.74 Å². The standard InChI is InChI=1S/C10H15NO/c1-3-5-6-10-9(4-2)7-11-8-12-10/h4-6,11H,2-3,7-8H2,1H3/b6-5-. The highest BCUT2D eigenvalue weighted by Crippen LogP contribution is 2.11. The van der Waals surface area contributed by atoms with Crippen LogP contribution >= 0.6 is 0 Å². The summed E-state index contributed by atoms with van der Waals surface area (Å²) in [7, 11) is 0. The zero-order valence-corrected chi connectivity index (χ0v) is 7.47. The third kappa shape index (κ3) is 2.24. The molecule has 1 aliphatic heterocycles. The summed E-state index contributed by atoms with van der Waals surface area (Å²) in [6, 6.07) is 0. The maximum atomic E-state index is 5.39. The molecule has 0 fully saturated rings. The van der Waals surface area contributed by atoms with Crippen LogP contribution in [0.3, 0.4) is 0 Å². The van der Waals surface area contributed by atoms with Gasteiger partial charge in [0.1, 0.15) is 12.5 Å². The first-order valence-corrected chi connectivity index (χ1v) is 4.24. The Morgan fingerprint density at radius 1 is 1.67 bits per heavy atom. The molecule has 0 amide bonds. The van der Waals surface area contributed by atoms with Gasteiger partial charge in [0.05, 0.1) is 0 Å². The van der Waals surface area contributed by atoms with E-state index in [2.05, 4.69) is 24.9 Å². The highest BCUT2D eigenvalue weighted by molar-refractivity contribution is 5.30. The largest absolute Gasteiger partial charge is 0.478 e. The number of allylic oxidation sites excluding steroid dienone is 2. The lowest BCUT2D eigenvalue weighted by atomic mass is 10.2. The van der Waals surface area contributed by atoms with Crippen LogP contribution in [0.2, 0.25) is 0 Å². The molecule has 0 aromatic carbocycles. The Hall–Kier alpha value is -1.02. The molecule has 12 heavy (non-hydrogen) atoms. The third-order valence-electron chi connectivity index (χ3n) is 1.71. The minimum absolute atomic E-state index is 0.598. The summed E-state index contributed by atoms with van der Waals surface area (Å²) in [5, 5.41) is 3.11. The molecule has 2 nitrogen and oxygen atoms in total. The van der Waals surface area contributed by atoms with E-state index >= 15 is 0 Å². The second-order valence-corrected chi connectivity index (χ2v) is 2.62. The molecule has 0 spiro atoms. The van der Waals surface area contributed by atoms with Crippen molar-refractivity contribution in [2.24, 2.45) is 0 Å². The van der Waals surface area contributed by atoms with Crippen LogP contribution in [0.5, 0.6) is 0 Å². The maximum Gasteiger partial charge on any atom is 0.139 e. The van der Waals surface area contributed by atoms with Crippen molar-refractivity contribution in [3.05, 3.63) is 36.1 Å². The summed E-state index contributed by atoms with van der Waals surface area (Å²) in [5.74, 6) is 0.950. The first kappa shape index (κ1) is 9.07. The zero-order valence-electron chi connectivity index (χ0n) is 7.47. The van der Waals surface area contributed by atoms with E-state index in [1.807, 2.05) is 12.2 Å². The van der Waals surface area contributed by atoms with Crippen molar-refractivity contribution in [1.82, 2.24) is 5.32 Å². The molecule has 0 saturated carbocycles. The van der Waals surface area contributed by atoms with Crippen molar-refractivity contribution in [3.8, 4) is 0 Å². The van der Waals surface area contributed by atoms with Gasteiger partial charge in [-0.05, 0) is 12.5 Å². The van der Waals surface area contributed by atoms with Gasteiger partial charge >= 0.3 is 0 Å². The van der Waals surface area contributed by atoms with Gasteiger partial charge in [-0.3, -0.25) is 5.32 Å². The normalized spacial score (nSPS) is 18.1. The van der Waals surface area contributed by atoms with Gasteiger partial charge in [0.2, 0.25) is 0 Å². The number of hydrogen-bond donors (Lipinski definition) is 1. The van der Waals surface area contributed by atoms with E-state index in [9.17, 15) is 0 Å². The smallest absolute Gasteiger partial charge is 0.139 e. The molecule has 0 bridgehead atoms. The first-order chi connectivity index (χ1) is 5.88. The molecule has 0 radical (unpaired) electrons. The highest BCUT2D eigenvalue weighted by Gasteiger charge is 2.06. The van der Waals surface area contributed by atoms with Crippen molar-refractivity contribution in [3.63, 3.8) is 0 Å². The van der Waals surface area contributed by atoms with Gasteiger partial charge in [0.25, 0.3) is 0 Å². The van der Waals surface area contributed by atoms with Crippen molar-refractivity contribution in [2.75, 3.05) is 13.3 Å². The average Bonchev–Trinajstić information content (AvgIpc) is 2.15. The van der Waals surface area contributed by atoms with E-state index in [0.717, 1.165) is 24.3 Å². The van der Waals surface area contributed by atoms with E-state index < -0.39 is 0 Å². The van der Waals surface area contributed by atoms with E-state index in [1.165, 1.54) is 0 Å². The Balaban J connectivity index is 2.72. The lowest BCUT2D eigenvalue weighted by Gasteiger charge is -2.17. The SMILES string of the molecule is C=CC1=C(/C=C\CC)OCNC1. The quantitative estimate of drug-likeness (QED) is 0.690. The third-order valence-corrected chi connectivity index (χ3v) is 1.71. The molecule has 0 aromatic rings. The van der Waals surface area contributed by atoms with Crippen molar-refractivity contribution in [1.29, 1.82) is 0 Å². The lowest BCUT2D eigenvalue weighted by Crippen LogP contribution is -2.25. The second kappa shape index (κ2) is 4.78. The molecule has 1 rings (SSSR count). The van der Waals surface area contributed by atoms with Crippen LogP contribution in [0, 0.1) is 0 Å². The Morgan fingerprint density at radius 3 is 3.17 bits per heavy atom. The fourth-order valence-electron chi connectivity index (χ4n) is 1.05. The van der Waals surface area contributed by atoms with Gasteiger partial charge in [0, 0.05) is 12.1 Å². The van der Waals surface area contributed by atoms with Crippen LogP contribution in [0.4, 0.5) is 0 Å². The fraction of sp³-hybridized carbons (Fsp3) is 0.400. The fourth-order valence-corrected chi connectivity index (χ4v) is 1.05. The highest BCUT2D eigenvalue weighted by atomic mass is 16.5. The van der Waals surface area contributed by atoms with E-state index in [-0.39, 0.29) is 0 Å². The van der Waals surface area contributed by atoms with E-state index in [4.69, 9.17) is 4.74 Å². The number of hydrogen-bond acceptors (Lipinski definition) is 2. The second-order valence-electron chi connectivity index (χ2n) is 2.62. The van der Waals surface area contributed by atoms with E-state index in [0.29, 0.717) is 6.73 Å². The summed E-state index contributed by atoms with van der Waals surface area (Å²) >= 11 is 0. The van der Waals surface area contributed by atoms with Crippen molar-refractivity contribution >= 4 is 0 Å². The molecular weight excluding hydrogens is 150 g/mol. The van der Waals surface area contributed by atoms with E-state index in [1.54, 1.807) is 0 Å². The van der Waals surface area contributed by atoms with Crippen LogP contribution in [0.25, 0.3) is 0 Å². The summed E-state index contributed by atoms with van der Waals surface area (Å²) in [4.78, 5) is 0. The Bertz CT molecular complexity index is 216. The summed E-state index contributed by atoms with van der Waals surface area (Å²) in [5.41, 5.74) is 1.13. The average molecular weight is 165 g/mol. The maximum absolute atomic E-state index is 5.39. The van der Waals surface area contributed by atoms with Gasteiger partial charge < -0.3 is 4.74 Å². The predicted octanol–water partition coefficient (Wildman–Crippen LogP) is 1.97. The summed E-state index contributed by atoms with van der Waals surface area (Å²) in [6.45, 7) is 7.29. The van der Waals surface area contributed by atoms with Crippen LogP contribution in [0.15, 0.2) is 36.1 Å². The van der Waals surface area contributed by atoms with Crippen LogP contribution < -0.4 is 5.32 Å². The Kier molecular flexibility index (Phi) is 3.61. The molecule has 0 saturated heterocycles. The molecule has 1 heterocycles. The molecule has 1 aliphatic rings. The molecule has 2 heteroatoms. The Labute approximate surface area is 73.6 Å². The predicted molar refractivity (Wildman–Crippen MR) is 50.6 cm³/mol. The van der Waals surface area contributed by atoms with Gasteiger partial charge in [-0.25, -0.2) is 0 Å². The van der Waals surface area contributed by atoms with Gasteiger partial charge in [-0.1, -0.05) is 25.7 Å². The Morgan fingerprint density at radius 2 is 2.50 bits per heavy atom. The van der Waals surface area contributed by atoms with Gasteiger partial charge in [-0.15, -0.1) is 0 Å². The number of ether oxygens (including phenoxy) is 1. The molecular formula is C10H15NO. The summed E-state index contributed by atoms with van der Waals surface area (Å²) < 4.78 is 5.39. The van der Waals surface area contributed by atoms with Crippen molar-refractivity contribution in [2.45, 2.75) is 13.3 Å². The van der Waals surface area contributed by atoms with Crippen LogP contribution in [0.1, 0.15) is 13.3 Å². The molecule has 0 unspecified atom stereocenters. The van der Waals surface area contributed by atoms with Gasteiger partial charge in [0.15, 0.2) is 0 Å². The molecule has 0 aromatic heterocycles. The lowest BCUT2D eigenvalue weighted by molar-refractivity contribution is 0.184. The zero-order chi connectivity index (χ0) is 8.81. The van der Waals surface area contributed by atoms with Gasteiger partial charge in [-0.2, -0.15) is 0 Å². The minimum Gasteiger partial charge on any atom is -0.478 e. The monoisotopic (exact) mass is 165 g/mol. The van der Waals surface area contributed by atoms with Crippen LogP contribution in [-0.4, -0.2) is 13.3 Å². The van der Waals surface area contributed by atoms with Crippen LogP contribution in [-0.2, 0) is 4.74 Å². The minimum atomic E-state index is 0.598. The summed E-state index contributed by atoms with van der Waals surface area (Å²) in [6.07, 6.45) is 6.97. The first-order valence-electron chi connectivity index (χ1n) is 4.24. The molecule has 0 atom stereocenters. The number of nitrogens with one attached hydrogen (secondary N) is 1.